The number of amides is 1. The molecular weight excluding hydrogens is 347 g/mol. The topological polar surface area (TPSA) is 69.8 Å². The first-order valence-electron chi connectivity index (χ1n) is 8.05. The van der Waals surface area contributed by atoms with Crippen LogP contribution in [0.25, 0.3) is 11.3 Å². The van der Waals surface area contributed by atoms with Gasteiger partial charge in [0.25, 0.3) is 5.91 Å². The van der Waals surface area contributed by atoms with Crippen molar-refractivity contribution in [3.05, 3.63) is 41.0 Å². The van der Waals surface area contributed by atoms with Crippen molar-refractivity contribution in [2.45, 2.75) is 43.8 Å². The summed E-state index contributed by atoms with van der Waals surface area (Å²) in [7, 11) is 0. The molecule has 1 amide bonds. The number of piperidine rings is 1. The van der Waals surface area contributed by atoms with E-state index in [0.717, 1.165) is 24.1 Å². The first kappa shape index (κ1) is 17.3. The predicted molar refractivity (Wildman–Crippen MR) is 96.7 cm³/mol. The number of aromatic amines is 1. The Labute approximate surface area is 152 Å². The summed E-state index contributed by atoms with van der Waals surface area (Å²) in [5.74, 6) is -0.0796. The van der Waals surface area contributed by atoms with E-state index in [1.807, 2.05) is 24.3 Å². The molecule has 2 aliphatic heterocycles. The smallest absolute Gasteiger partial charge is 0.269 e. The molecule has 2 aliphatic rings. The van der Waals surface area contributed by atoms with Crippen LogP contribution in [0.3, 0.4) is 0 Å². The molecule has 5 nitrogen and oxygen atoms in total. The Bertz CT molecular complexity index is 704. The van der Waals surface area contributed by atoms with Crippen LogP contribution in [-0.2, 0) is 0 Å². The Morgan fingerprint density at radius 3 is 2.50 bits per heavy atom. The second-order valence-electron chi connectivity index (χ2n) is 6.45. The number of nitrogens with one attached hydrogen (secondary N) is 3. The summed E-state index contributed by atoms with van der Waals surface area (Å²) in [5.41, 5.74) is 2.18. The molecule has 0 radical (unpaired) electrons. The van der Waals surface area contributed by atoms with Crippen molar-refractivity contribution in [1.82, 2.24) is 20.8 Å². The van der Waals surface area contributed by atoms with Gasteiger partial charge in [-0.25, -0.2) is 0 Å². The highest BCUT2D eigenvalue weighted by Gasteiger charge is 2.34. The molecule has 3 N–H and O–H groups in total. The number of halogens is 2. The number of nitrogens with zero attached hydrogens (tertiary/aromatic N) is 1. The van der Waals surface area contributed by atoms with Gasteiger partial charge in [0.05, 0.1) is 5.69 Å². The fraction of sp³-hybridized carbons (Fsp3) is 0.412. The highest BCUT2D eigenvalue weighted by atomic mass is 35.5. The lowest BCUT2D eigenvalue weighted by Crippen LogP contribution is -2.48. The Morgan fingerprint density at radius 2 is 1.83 bits per heavy atom. The lowest BCUT2D eigenvalue weighted by molar-refractivity contribution is 0.0919. The average Bonchev–Trinajstić information content (AvgIpc) is 3.15. The maximum Gasteiger partial charge on any atom is 0.269 e. The van der Waals surface area contributed by atoms with E-state index in [2.05, 4.69) is 20.8 Å². The summed E-state index contributed by atoms with van der Waals surface area (Å²) >= 11 is 5.89. The molecule has 4 rings (SSSR count). The zero-order valence-electron chi connectivity index (χ0n) is 13.1. The Morgan fingerprint density at radius 1 is 1.17 bits per heavy atom. The molecule has 2 atom stereocenters. The van der Waals surface area contributed by atoms with Gasteiger partial charge in [-0.1, -0.05) is 23.7 Å². The average molecular weight is 367 g/mol. The van der Waals surface area contributed by atoms with Gasteiger partial charge in [-0.05, 0) is 43.9 Å². The fourth-order valence-electron chi connectivity index (χ4n) is 3.64. The fourth-order valence-corrected chi connectivity index (χ4v) is 3.77. The number of carbonyl (C=O) groups excluding carboxylic acids is 1. The highest BCUT2D eigenvalue weighted by molar-refractivity contribution is 6.30. The quantitative estimate of drug-likeness (QED) is 0.781. The van der Waals surface area contributed by atoms with E-state index in [1.165, 1.54) is 12.8 Å². The second kappa shape index (κ2) is 7.13. The SMILES string of the molecule is Cl.O=C(NC1CC2CCC(C1)N2)c1cc(-c2ccc(Cl)cc2)n[nH]1. The van der Waals surface area contributed by atoms with E-state index < -0.39 is 0 Å². The molecule has 24 heavy (non-hydrogen) atoms. The zero-order valence-corrected chi connectivity index (χ0v) is 14.7. The molecule has 0 spiro atoms. The predicted octanol–water partition coefficient (Wildman–Crippen LogP) is 3.16. The van der Waals surface area contributed by atoms with Gasteiger partial charge < -0.3 is 10.6 Å². The highest BCUT2D eigenvalue weighted by Crippen LogP contribution is 2.27. The van der Waals surface area contributed by atoms with Crippen LogP contribution in [0.2, 0.25) is 5.02 Å². The summed E-state index contributed by atoms with van der Waals surface area (Å²) in [6, 6.07) is 10.6. The molecule has 2 fully saturated rings. The molecule has 128 valence electrons. The van der Waals surface area contributed by atoms with Gasteiger partial charge in [0.2, 0.25) is 0 Å². The number of benzene rings is 1. The summed E-state index contributed by atoms with van der Waals surface area (Å²) in [6.07, 6.45) is 4.48. The van der Waals surface area contributed by atoms with E-state index in [9.17, 15) is 4.79 Å². The summed E-state index contributed by atoms with van der Waals surface area (Å²) in [4.78, 5) is 12.4. The number of aromatic nitrogens is 2. The number of fused-ring (bicyclic) bond motifs is 2. The molecule has 1 aromatic heterocycles. The molecule has 3 heterocycles. The van der Waals surface area contributed by atoms with Gasteiger partial charge in [0, 0.05) is 28.7 Å². The third kappa shape index (κ3) is 3.58. The van der Waals surface area contributed by atoms with E-state index in [4.69, 9.17) is 11.6 Å². The normalized spacial score (nSPS) is 25.1. The molecule has 2 aromatic rings. The van der Waals surface area contributed by atoms with Gasteiger partial charge >= 0.3 is 0 Å². The monoisotopic (exact) mass is 366 g/mol. The number of hydrogen-bond acceptors (Lipinski definition) is 3. The zero-order chi connectivity index (χ0) is 15.8. The van der Waals surface area contributed by atoms with E-state index in [1.54, 1.807) is 6.07 Å². The standard InChI is InChI=1S/C17H19ClN4O.ClH/c18-11-3-1-10(2-4-11)15-9-16(22-21-15)17(23)20-14-7-12-5-6-13(8-14)19-12;/h1-4,9,12-14,19H,5-8H2,(H,20,23)(H,21,22);1H. The van der Waals surface area contributed by atoms with Crippen molar-refractivity contribution < 1.29 is 4.79 Å². The lowest BCUT2D eigenvalue weighted by atomic mass is 10.00. The van der Waals surface area contributed by atoms with Crippen LogP contribution >= 0.6 is 24.0 Å². The van der Waals surface area contributed by atoms with Crippen molar-refractivity contribution in [3.8, 4) is 11.3 Å². The first-order chi connectivity index (χ1) is 11.2. The number of rotatable bonds is 3. The third-order valence-electron chi connectivity index (χ3n) is 4.77. The minimum Gasteiger partial charge on any atom is -0.348 e. The van der Waals surface area contributed by atoms with Gasteiger partial charge in [-0.3, -0.25) is 9.89 Å². The summed E-state index contributed by atoms with van der Waals surface area (Å²) < 4.78 is 0. The van der Waals surface area contributed by atoms with Crippen LogP contribution < -0.4 is 10.6 Å². The maximum absolute atomic E-state index is 12.4. The molecule has 2 unspecified atom stereocenters. The summed E-state index contributed by atoms with van der Waals surface area (Å²) in [5, 5.41) is 14.5. The van der Waals surface area contributed by atoms with Crippen LogP contribution in [0.5, 0.6) is 0 Å². The molecule has 0 saturated carbocycles. The molecule has 2 bridgehead atoms. The van der Waals surface area contributed by atoms with Crippen molar-refractivity contribution in [1.29, 1.82) is 0 Å². The lowest BCUT2D eigenvalue weighted by Gasteiger charge is -2.29. The molecule has 0 aliphatic carbocycles. The number of hydrogen-bond donors (Lipinski definition) is 3. The van der Waals surface area contributed by atoms with Crippen molar-refractivity contribution in [3.63, 3.8) is 0 Å². The van der Waals surface area contributed by atoms with Gasteiger partial charge in [0.1, 0.15) is 5.69 Å². The molecule has 7 heteroatoms. The summed E-state index contributed by atoms with van der Waals surface area (Å²) in [6.45, 7) is 0. The van der Waals surface area contributed by atoms with Crippen LogP contribution in [0.4, 0.5) is 0 Å². The van der Waals surface area contributed by atoms with Crippen LogP contribution in [0.15, 0.2) is 30.3 Å². The second-order valence-corrected chi connectivity index (χ2v) is 6.89. The van der Waals surface area contributed by atoms with Crippen molar-refractivity contribution in [2.75, 3.05) is 0 Å². The number of H-pyrrole nitrogens is 1. The first-order valence-corrected chi connectivity index (χ1v) is 8.43. The number of carbonyl (C=O) groups is 1. The Kier molecular flexibility index (Phi) is 5.13. The van der Waals surface area contributed by atoms with Crippen LogP contribution in [0.1, 0.15) is 36.2 Å². The van der Waals surface area contributed by atoms with E-state index in [0.29, 0.717) is 22.8 Å². The molecular formula is C17H20Cl2N4O. The van der Waals surface area contributed by atoms with Gasteiger partial charge in [-0.2, -0.15) is 5.10 Å². The minimum absolute atomic E-state index is 0. The third-order valence-corrected chi connectivity index (χ3v) is 5.02. The van der Waals surface area contributed by atoms with Crippen LogP contribution in [-0.4, -0.2) is 34.2 Å². The van der Waals surface area contributed by atoms with Crippen molar-refractivity contribution >= 4 is 29.9 Å². The Hall–Kier alpha value is -1.56. The van der Waals surface area contributed by atoms with Gasteiger partial charge in [0.15, 0.2) is 0 Å². The largest absolute Gasteiger partial charge is 0.348 e. The minimum atomic E-state index is -0.0796. The van der Waals surface area contributed by atoms with E-state index in [-0.39, 0.29) is 24.4 Å². The maximum atomic E-state index is 12.4. The Balaban J connectivity index is 0.00000169. The molecule has 1 aromatic carbocycles. The van der Waals surface area contributed by atoms with Crippen molar-refractivity contribution in [2.24, 2.45) is 0 Å². The van der Waals surface area contributed by atoms with Gasteiger partial charge in [-0.15, -0.1) is 12.4 Å². The molecule has 2 saturated heterocycles. The van der Waals surface area contributed by atoms with Crippen LogP contribution in [0, 0.1) is 0 Å². The van der Waals surface area contributed by atoms with E-state index >= 15 is 0 Å².